The molecule has 3 rings (SSSR count). The number of fused-ring (bicyclic) bond motifs is 1. The van der Waals surface area contributed by atoms with E-state index in [4.69, 9.17) is 0 Å². The minimum absolute atomic E-state index is 0.0179. The minimum Gasteiger partial charge on any atom is -0.341 e. The Morgan fingerprint density at radius 3 is 2.20 bits per heavy atom. The summed E-state index contributed by atoms with van der Waals surface area (Å²) >= 11 is 0. The van der Waals surface area contributed by atoms with Gasteiger partial charge in [0.25, 0.3) is 17.7 Å². The van der Waals surface area contributed by atoms with Gasteiger partial charge in [-0.1, -0.05) is 0 Å². The van der Waals surface area contributed by atoms with Crippen molar-refractivity contribution >= 4 is 29.4 Å². The molecule has 1 fully saturated rings. The third-order valence-corrected chi connectivity index (χ3v) is 5.51. The maximum absolute atomic E-state index is 13.0. The molecule has 4 amide bonds. The molecular weight excluding hydrogens is 386 g/mol. The fourth-order valence-corrected chi connectivity index (χ4v) is 3.86. The van der Waals surface area contributed by atoms with Crippen LogP contribution in [0.4, 0.5) is 0 Å². The van der Waals surface area contributed by atoms with Crippen molar-refractivity contribution in [3.63, 3.8) is 0 Å². The summed E-state index contributed by atoms with van der Waals surface area (Å²) in [7, 11) is 0. The summed E-state index contributed by atoms with van der Waals surface area (Å²) in [5.41, 5.74) is 0.940. The largest absolute Gasteiger partial charge is 0.341 e. The number of benzene rings is 1. The third-order valence-electron chi connectivity index (χ3n) is 5.51. The van der Waals surface area contributed by atoms with Crippen LogP contribution in [-0.4, -0.2) is 76.3 Å². The molecule has 1 aromatic rings. The standard InChI is InChI=1S/C22H27N3O5/c1-14(2)25-21(29)17-7-6-16(13-18(17)22(25)30)20(28)24-10-4-9-23(11-12-24)19(27)8-5-15(3)26/h6-7,13-14H,4-5,8-12H2,1-3H3. The van der Waals surface area contributed by atoms with Crippen LogP contribution in [-0.2, 0) is 9.59 Å². The first-order chi connectivity index (χ1) is 14.2. The lowest BCUT2D eigenvalue weighted by Crippen LogP contribution is -2.37. The zero-order valence-corrected chi connectivity index (χ0v) is 17.6. The van der Waals surface area contributed by atoms with E-state index in [1.807, 2.05) is 0 Å². The lowest BCUT2D eigenvalue weighted by molar-refractivity contribution is -0.132. The molecule has 0 spiro atoms. The Kier molecular flexibility index (Phi) is 6.34. The molecule has 160 valence electrons. The molecule has 8 heteroatoms. The van der Waals surface area contributed by atoms with Gasteiger partial charge in [-0.25, -0.2) is 0 Å². The van der Waals surface area contributed by atoms with Gasteiger partial charge in [0.1, 0.15) is 5.78 Å². The fourth-order valence-electron chi connectivity index (χ4n) is 3.86. The Labute approximate surface area is 175 Å². The molecule has 2 aliphatic heterocycles. The molecule has 0 radical (unpaired) electrons. The number of rotatable bonds is 5. The van der Waals surface area contributed by atoms with Crippen molar-refractivity contribution in [2.24, 2.45) is 0 Å². The van der Waals surface area contributed by atoms with Gasteiger partial charge in [-0.3, -0.25) is 24.1 Å². The summed E-state index contributed by atoms with van der Waals surface area (Å²) in [4.78, 5) is 66.0. The lowest BCUT2D eigenvalue weighted by atomic mass is 10.0. The van der Waals surface area contributed by atoms with Gasteiger partial charge in [0, 0.05) is 50.6 Å². The zero-order valence-electron chi connectivity index (χ0n) is 17.6. The highest BCUT2D eigenvalue weighted by Gasteiger charge is 2.37. The summed E-state index contributed by atoms with van der Waals surface area (Å²) in [6.45, 7) is 6.84. The number of Topliss-reactive ketones (excluding diaryl/α,β-unsaturated/α-hetero) is 1. The van der Waals surface area contributed by atoms with Gasteiger partial charge >= 0.3 is 0 Å². The van der Waals surface area contributed by atoms with Gasteiger partial charge in [-0.15, -0.1) is 0 Å². The van der Waals surface area contributed by atoms with E-state index in [9.17, 15) is 24.0 Å². The van der Waals surface area contributed by atoms with Gasteiger partial charge < -0.3 is 14.6 Å². The molecular formula is C22H27N3O5. The lowest BCUT2D eigenvalue weighted by Gasteiger charge is -2.22. The molecule has 0 aromatic heterocycles. The molecule has 1 saturated heterocycles. The number of ketones is 1. The third kappa shape index (κ3) is 4.27. The summed E-state index contributed by atoms with van der Waals surface area (Å²) in [5.74, 6) is -1.03. The van der Waals surface area contributed by atoms with E-state index in [1.165, 1.54) is 17.9 Å². The quantitative estimate of drug-likeness (QED) is 0.685. The number of amides is 4. The van der Waals surface area contributed by atoms with Crippen molar-refractivity contribution in [2.75, 3.05) is 26.2 Å². The SMILES string of the molecule is CC(=O)CCC(=O)N1CCCN(C(=O)c2ccc3c(c2)C(=O)N(C(C)C)C3=O)CC1. The van der Waals surface area contributed by atoms with Crippen LogP contribution < -0.4 is 0 Å². The second-order valence-corrected chi connectivity index (χ2v) is 8.06. The Bertz CT molecular complexity index is 908. The Hall–Kier alpha value is -3.03. The van der Waals surface area contributed by atoms with Crippen LogP contribution in [0, 0.1) is 0 Å². The maximum atomic E-state index is 13.0. The molecule has 30 heavy (non-hydrogen) atoms. The van der Waals surface area contributed by atoms with Crippen LogP contribution in [0.2, 0.25) is 0 Å². The van der Waals surface area contributed by atoms with Gasteiger partial charge in [0.05, 0.1) is 11.1 Å². The molecule has 0 atom stereocenters. The minimum atomic E-state index is -0.377. The molecule has 1 aromatic carbocycles. The Morgan fingerprint density at radius 2 is 1.53 bits per heavy atom. The van der Waals surface area contributed by atoms with Crippen molar-refractivity contribution < 1.29 is 24.0 Å². The molecule has 0 N–H and O–H groups in total. The molecule has 0 unspecified atom stereocenters. The average molecular weight is 413 g/mol. The van der Waals surface area contributed by atoms with E-state index < -0.39 is 0 Å². The van der Waals surface area contributed by atoms with Crippen LogP contribution in [0.3, 0.4) is 0 Å². The van der Waals surface area contributed by atoms with E-state index in [-0.39, 0.29) is 53.9 Å². The Morgan fingerprint density at radius 1 is 0.900 bits per heavy atom. The second kappa shape index (κ2) is 8.77. The van der Waals surface area contributed by atoms with Gasteiger partial charge in [0.15, 0.2) is 0 Å². The van der Waals surface area contributed by atoms with Gasteiger partial charge in [-0.2, -0.15) is 0 Å². The smallest absolute Gasteiger partial charge is 0.261 e. The number of nitrogens with zero attached hydrogens (tertiary/aromatic N) is 3. The predicted molar refractivity (Wildman–Crippen MR) is 109 cm³/mol. The van der Waals surface area contributed by atoms with Gasteiger partial charge in [0.2, 0.25) is 5.91 Å². The van der Waals surface area contributed by atoms with Crippen molar-refractivity contribution in [1.29, 1.82) is 0 Å². The number of carbonyl (C=O) groups excluding carboxylic acids is 5. The summed E-state index contributed by atoms with van der Waals surface area (Å²) in [6, 6.07) is 4.37. The van der Waals surface area contributed by atoms with Crippen molar-refractivity contribution in [2.45, 2.75) is 46.1 Å². The first-order valence-electron chi connectivity index (χ1n) is 10.3. The van der Waals surface area contributed by atoms with E-state index in [0.717, 1.165) is 0 Å². The Balaban J connectivity index is 1.70. The fraction of sp³-hybridized carbons (Fsp3) is 0.500. The molecule has 0 aliphatic carbocycles. The topological polar surface area (TPSA) is 95.1 Å². The molecule has 8 nitrogen and oxygen atoms in total. The predicted octanol–water partition coefficient (Wildman–Crippen LogP) is 1.73. The van der Waals surface area contributed by atoms with Crippen LogP contribution in [0.1, 0.15) is 71.1 Å². The van der Waals surface area contributed by atoms with Crippen molar-refractivity contribution in [1.82, 2.24) is 14.7 Å². The highest BCUT2D eigenvalue weighted by atomic mass is 16.2. The number of carbonyl (C=O) groups is 5. The van der Waals surface area contributed by atoms with E-state index in [2.05, 4.69) is 0 Å². The van der Waals surface area contributed by atoms with E-state index >= 15 is 0 Å². The summed E-state index contributed by atoms with van der Waals surface area (Å²) < 4.78 is 0. The highest BCUT2D eigenvalue weighted by Crippen LogP contribution is 2.26. The van der Waals surface area contributed by atoms with Crippen molar-refractivity contribution in [3.05, 3.63) is 34.9 Å². The summed E-state index contributed by atoms with van der Waals surface area (Å²) in [6.07, 6.45) is 1.06. The second-order valence-electron chi connectivity index (χ2n) is 8.06. The average Bonchev–Trinajstić information content (AvgIpc) is 2.87. The van der Waals surface area contributed by atoms with Crippen LogP contribution in [0.25, 0.3) is 0 Å². The first kappa shape index (κ1) is 21.7. The zero-order chi connectivity index (χ0) is 22.0. The molecule has 0 bridgehead atoms. The van der Waals surface area contributed by atoms with Crippen LogP contribution in [0.5, 0.6) is 0 Å². The number of hydrogen-bond acceptors (Lipinski definition) is 5. The molecule has 0 saturated carbocycles. The van der Waals surface area contributed by atoms with Crippen LogP contribution in [0.15, 0.2) is 18.2 Å². The maximum Gasteiger partial charge on any atom is 0.261 e. The van der Waals surface area contributed by atoms with E-state index in [0.29, 0.717) is 43.7 Å². The van der Waals surface area contributed by atoms with Crippen LogP contribution >= 0.6 is 0 Å². The normalized spacial score (nSPS) is 16.7. The van der Waals surface area contributed by atoms with Crippen molar-refractivity contribution in [3.8, 4) is 0 Å². The molecule has 2 aliphatic rings. The summed E-state index contributed by atoms with van der Waals surface area (Å²) in [5, 5.41) is 0. The number of hydrogen-bond donors (Lipinski definition) is 0. The monoisotopic (exact) mass is 413 g/mol. The van der Waals surface area contributed by atoms with E-state index in [1.54, 1.807) is 35.8 Å². The van der Waals surface area contributed by atoms with Gasteiger partial charge in [-0.05, 0) is 45.4 Å². The molecule has 2 heterocycles. The number of imide groups is 1. The first-order valence-corrected chi connectivity index (χ1v) is 10.3. The highest BCUT2D eigenvalue weighted by molar-refractivity contribution is 6.22.